The predicted octanol–water partition coefficient (Wildman–Crippen LogP) is 2.18. The summed E-state index contributed by atoms with van der Waals surface area (Å²) >= 11 is 0. The minimum atomic E-state index is -1.34. The molecule has 1 unspecified atom stereocenters. The number of nitrogens with zero attached hydrogens (tertiary/aromatic N) is 2. The summed E-state index contributed by atoms with van der Waals surface area (Å²) in [6.07, 6.45) is 0. The van der Waals surface area contributed by atoms with E-state index in [2.05, 4.69) is 10.6 Å². The first kappa shape index (κ1) is 18.9. The van der Waals surface area contributed by atoms with E-state index in [1.54, 1.807) is 0 Å². The molecule has 0 saturated carbocycles. The molecule has 1 fully saturated rings. The number of urea groups is 1. The van der Waals surface area contributed by atoms with E-state index in [0.717, 1.165) is 30.3 Å². The number of benzene rings is 2. The van der Waals surface area contributed by atoms with E-state index in [9.17, 15) is 33.3 Å². The number of nitro benzene ring substituents is 1. The van der Waals surface area contributed by atoms with Gasteiger partial charge in [-0.2, -0.15) is 4.39 Å². The highest BCUT2D eigenvalue weighted by Gasteiger charge is 2.39. The molecule has 0 spiro atoms. The zero-order chi connectivity index (χ0) is 20.4. The number of nitro groups is 1. The second-order valence-corrected chi connectivity index (χ2v) is 5.80. The molecule has 2 N–H and O–H groups in total. The molecule has 0 bridgehead atoms. The SMILES string of the molecule is O=C(Nc1ccc(F)c([N+](=O)[O-])c1)C1CNC(=O)N(c2ccc(F)cc2)C1=O. The largest absolute Gasteiger partial charge is 0.336 e. The van der Waals surface area contributed by atoms with E-state index in [1.807, 2.05) is 0 Å². The quantitative estimate of drug-likeness (QED) is 0.471. The Bertz CT molecular complexity index is 980. The highest BCUT2D eigenvalue weighted by atomic mass is 19.1. The lowest BCUT2D eigenvalue weighted by molar-refractivity contribution is -0.387. The summed E-state index contributed by atoms with van der Waals surface area (Å²) in [5, 5.41) is 15.5. The summed E-state index contributed by atoms with van der Waals surface area (Å²) in [5.41, 5.74) is -0.857. The van der Waals surface area contributed by atoms with E-state index in [1.165, 1.54) is 12.1 Å². The van der Waals surface area contributed by atoms with Crippen molar-refractivity contribution in [2.24, 2.45) is 5.92 Å². The highest BCUT2D eigenvalue weighted by molar-refractivity contribution is 6.23. The molecule has 0 aliphatic carbocycles. The lowest BCUT2D eigenvalue weighted by atomic mass is 10.0. The molecular weight excluding hydrogens is 378 g/mol. The second-order valence-electron chi connectivity index (χ2n) is 5.80. The Morgan fingerprint density at radius 2 is 1.86 bits per heavy atom. The Morgan fingerprint density at radius 3 is 2.50 bits per heavy atom. The maximum Gasteiger partial charge on any atom is 0.328 e. The van der Waals surface area contributed by atoms with Crippen molar-refractivity contribution >= 4 is 34.9 Å². The molecule has 1 aliphatic heterocycles. The van der Waals surface area contributed by atoms with Crippen LogP contribution >= 0.6 is 0 Å². The van der Waals surface area contributed by atoms with Crippen LogP contribution in [0.4, 0.5) is 30.6 Å². The zero-order valence-electron chi connectivity index (χ0n) is 14.0. The summed E-state index contributed by atoms with van der Waals surface area (Å²) in [6.45, 7) is -0.301. The third-order valence-electron chi connectivity index (χ3n) is 3.99. The summed E-state index contributed by atoms with van der Waals surface area (Å²) in [5.74, 6) is -4.69. The van der Waals surface area contributed by atoms with Gasteiger partial charge in [0, 0.05) is 18.3 Å². The van der Waals surface area contributed by atoms with Crippen LogP contribution in [0.25, 0.3) is 0 Å². The number of carbonyl (C=O) groups excluding carboxylic acids is 3. The fourth-order valence-electron chi connectivity index (χ4n) is 2.61. The minimum Gasteiger partial charge on any atom is -0.336 e. The van der Waals surface area contributed by atoms with E-state index >= 15 is 0 Å². The van der Waals surface area contributed by atoms with Crippen LogP contribution in [0, 0.1) is 27.7 Å². The summed E-state index contributed by atoms with van der Waals surface area (Å²) in [6, 6.07) is 6.46. The molecule has 0 aromatic heterocycles. The van der Waals surface area contributed by atoms with Gasteiger partial charge in [0.2, 0.25) is 17.6 Å². The average molecular weight is 390 g/mol. The van der Waals surface area contributed by atoms with E-state index < -0.39 is 46.0 Å². The van der Waals surface area contributed by atoms with Gasteiger partial charge in [0.05, 0.1) is 10.6 Å². The molecule has 4 amide bonds. The number of rotatable bonds is 4. The molecule has 0 radical (unpaired) electrons. The summed E-state index contributed by atoms with van der Waals surface area (Å²) in [4.78, 5) is 47.6. The first-order chi connectivity index (χ1) is 13.3. The molecule has 1 saturated heterocycles. The monoisotopic (exact) mass is 390 g/mol. The number of hydrogen-bond acceptors (Lipinski definition) is 5. The van der Waals surface area contributed by atoms with Gasteiger partial charge in [0.25, 0.3) is 0 Å². The Hall–Kier alpha value is -3.89. The number of nitrogens with one attached hydrogen (secondary N) is 2. The Kier molecular flexibility index (Phi) is 4.98. The van der Waals surface area contributed by atoms with Crippen LogP contribution < -0.4 is 15.5 Å². The Labute approximate surface area is 156 Å². The molecule has 2 aromatic carbocycles. The van der Waals surface area contributed by atoms with Gasteiger partial charge in [0.15, 0.2) is 0 Å². The fourth-order valence-corrected chi connectivity index (χ4v) is 2.61. The minimum absolute atomic E-state index is 0.0684. The third-order valence-corrected chi connectivity index (χ3v) is 3.99. The van der Waals surface area contributed by atoms with Gasteiger partial charge in [-0.15, -0.1) is 0 Å². The van der Waals surface area contributed by atoms with Gasteiger partial charge < -0.3 is 10.6 Å². The average Bonchev–Trinajstić information content (AvgIpc) is 2.64. The van der Waals surface area contributed by atoms with Gasteiger partial charge in [-0.1, -0.05) is 0 Å². The van der Waals surface area contributed by atoms with Crippen LogP contribution in [-0.4, -0.2) is 29.3 Å². The van der Waals surface area contributed by atoms with Crippen molar-refractivity contribution in [2.75, 3.05) is 16.8 Å². The summed E-state index contributed by atoms with van der Waals surface area (Å²) < 4.78 is 26.5. The van der Waals surface area contributed by atoms with Gasteiger partial charge in [-0.25, -0.2) is 14.1 Å². The van der Waals surface area contributed by atoms with Gasteiger partial charge >= 0.3 is 11.7 Å². The number of hydrogen-bond donors (Lipinski definition) is 2. The smallest absolute Gasteiger partial charge is 0.328 e. The highest BCUT2D eigenvalue weighted by Crippen LogP contribution is 2.24. The van der Waals surface area contributed by atoms with Crippen molar-refractivity contribution < 1.29 is 28.1 Å². The number of amides is 4. The van der Waals surface area contributed by atoms with Crippen molar-refractivity contribution in [3.05, 3.63) is 64.2 Å². The van der Waals surface area contributed by atoms with Crippen LogP contribution in [0.15, 0.2) is 42.5 Å². The van der Waals surface area contributed by atoms with Gasteiger partial charge in [-0.3, -0.25) is 19.7 Å². The first-order valence-corrected chi connectivity index (χ1v) is 7.90. The molecule has 9 nitrogen and oxygen atoms in total. The molecule has 3 rings (SSSR count). The molecule has 144 valence electrons. The molecular formula is C17H12F2N4O5. The molecule has 1 heterocycles. The number of imide groups is 1. The van der Waals surface area contributed by atoms with Crippen LogP contribution in [0.3, 0.4) is 0 Å². The lowest BCUT2D eigenvalue weighted by Crippen LogP contribution is -2.58. The van der Waals surface area contributed by atoms with E-state index in [-0.39, 0.29) is 17.9 Å². The van der Waals surface area contributed by atoms with Crippen LogP contribution in [0.5, 0.6) is 0 Å². The predicted molar refractivity (Wildman–Crippen MR) is 92.5 cm³/mol. The second kappa shape index (κ2) is 7.39. The topological polar surface area (TPSA) is 122 Å². The van der Waals surface area contributed by atoms with Gasteiger partial charge in [-0.05, 0) is 36.4 Å². The zero-order valence-corrected chi connectivity index (χ0v) is 14.0. The van der Waals surface area contributed by atoms with Crippen molar-refractivity contribution in [2.45, 2.75) is 0 Å². The number of halogens is 2. The number of anilines is 2. The number of carbonyl (C=O) groups is 3. The van der Waals surface area contributed by atoms with E-state index in [4.69, 9.17) is 0 Å². The standard InChI is InChI=1S/C17H12F2N4O5/c18-9-1-4-11(5-2-9)22-16(25)12(8-20-17(22)26)15(24)21-10-3-6-13(19)14(7-10)23(27)28/h1-7,12H,8H2,(H,20,26)(H,21,24). The van der Waals surface area contributed by atoms with Crippen molar-refractivity contribution in [3.63, 3.8) is 0 Å². The maximum absolute atomic E-state index is 13.4. The van der Waals surface area contributed by atoms with E-state index in [0.29, 0.717) is 4.90 Å². The van der Waals surface area contributed by atoms with Crippen molar-refractivity contribution in [1.82, 2.24) is 5.32 Å². The van der Waals surface area contributed by atoms with Crippen LogP contribution in [0.1, 0.15) is 0 Å². The third kappa shape index (κ3) is 3.63. The Balaban J connectivity index is 1.81. The molecule has 28 heavy (non-hydrogen) atoms. The van der Waals surface area contributed by atoms with Gasteiger partial charge in [0.1, 0.15) is 11.7 Å². The van der Waals surface area contributed by atoms with Crippen LogP contribution in [0.2, 0.25) is 0 Å². The first-order valence-electron chi connectivity index (χ1n) is 7.90. The summed E-state index contributed by atoms with van der Waals surface area (Å²) in [7, 11) is 0. The normalized spacial score (nSPS) is 16.5. The van der Waals surface area contributed by atoms with Crippen LogP contribution in [-0.2, 0) is 9.59 Å². The van der Waals surface area contributed by atoms with Crippen molar-refractivity contribution in [1.29, 1.82) is 0 Å². The fraction of sp³-hybridized carbons (Fsp3) is 0.118. The molecule has 1 atom stereocenters. The molecule has 1 aliphatic rings. The molecule has 11 heteroatoms. The maximum atomic E-state index is 13.4. The molecule has 2 aromatic rings. The van der Waals surface area contributed by atoms with Crippen molar-refractivity contribution in [3.8, 4) is 0 Å². The Morgan fingerprint density at radius 1 is 1.18 bits per heavy atom. The lowest BCUT2D eigenvalue weighted by Gasteiger charge is -2.30.